The molecule has 31 nitrogen and oxygen atoms in total. The lowest BCUT2D eigenvalue weighted by molar-refractivity contribution is -0.404. The number of hydrogen-bond acceptors (Lipinski definition) is 31. The highest BCUT2D eigenvalue weighted by Crippen LogP contribution is 2.38. The van der Waals surface area contributed by atoms with Crippen molar-refractivity contribution in [2.45, 2.75) is 184 Å². The Kier molecular flexibility index (Phi) is 19.4. The van der Waals surface area contributed by atoms with Crippen LogP contribution in [0.3, 0.4) is 0 Å². The SMILES string of the molecule is O=C(CCl)O[C@@H]1[C@@H](O)[C@H]2O[C@H]3[C@H](O)[C@@H](O)[C@@H](O[C@H]4[C@H](O)[C@@H](O)[C@@H](O[C@H]5[C@H](O)[C@@H](O)[C@@H](O[C@H]6[C@H](O)[C@@H](O)[C@@H](O[C@H]7[C@H](O)[C@@H](O)[C@@H](O[C@H]1[C@@H](CO)O2)O[C@@H]7CO)O[C@@H]6CO)O[C@@H]5CO)O[C@@H]4CO)O[C@@H]3CO. The minimum absolute atomic E-state index is 0.825. The number of aliphatic hydroxyl groups excluding tert-OH is 17. The highest BCUT2D eigenvalue weighted by molar-refractivity contribution is 6.26. The molecule has 17 N–H and O–H groups in total. The Balaban J connectivity index is 1.22. The number of aliphatic hydroxyl groups is 17. The lowest BCUT2D eigenvalue weighted by Crippen LogP contribution is -2.69. The van der Waals surface area contributed by atoms with E-state index in [1.807, 2.05) is 0 Å². The molecular formula is C38H61ClO31. The molecule has 406 valence electrons. The maximum Gasteiger partial charge on any atom is 0.321 e. The Bertz CT molecular complexity index is 1650. The molecule has 32 heteroatoms. The van der Waals surface area contributed by atoms with E-state index < -0.39 is 236 Å². The molecule has 0 spiro atoms. The first-order valence-corrected chi connectivity index (χ1v) is 22.6. The van der Waals surface area contributed by atoms with Crippen molar-refractivity contribution in [3.8, 4) is 0 Å². The Labute approximate surface area is 400 Å². The number of hydrogen-bond donors (Lipinski definition) is 17. The fourth-order valence-corrected chi connectivity index (χ4v) is 9.29. The summed E-state index contributed by atoms with van der Waals surface area (Å²) in [7, 11) is 0. The van der Waals surface area contributed by atoms with Gasteiger partial charge in [0, 0.05) is 0 Å². The molecule has 12 bridgehead atoms. The molecule has 22 saturated heterocycles. The molecule has 0 radical (unpaired) electrons. The zero-order chi connectivity index (χ0) is 51.0. The number of alkyl halides is 1. The number of carbonyl (C=O) groups is 1. The van der Waals surface area contributed by atoms with Crippen LogP contribution < -0.4 is 0 Å². The van der Waals surface area contributed by atoms with Gasteiger partial charge in [0.1, 0.15) is 146 Å². The summed E-state index contributed by atoms with van der Waals surface area (Å²) in [5.74, 6) is -2.02. The smallest absolute Gasteiger partial charge is 0.321 e. The summed E-state index contributed by atoms with van der Waals surface area (Å²) >= 11 is 5.69. The van der Waals surface area contributed by atoms with E-state index in [4.69, 9.17) is 73.2 Å². The second kappa shape index (κ2) is 24.1. The minimum atomic E-state index is -2.21. The number of rotatable bonds is 8. The van der Waals surface area contributed by atoms with Gasteiger partial charge in [-0.15, -0.1) is 11.6 Å². The Morgan fingerprint density at radius 3 is 0.729 bits per heavy atom. The largest absolute Gasteiger partial charge is 0.456 e. The molecular weight excluding hydrogens is 988 g/mol. The molecule has 0 aliphatic carbocycles. The topological polar surface area (TPSA) is 481 Å². The molecule has 0 saturated carbocycles. The van der Waals surface area contributed by atoms with Crippen molar-refractivity contribution in [2.75, 3.05) is 45.5 Å². The number of halogens is 1. The van der Waals surface area contributed by atoms with E-state index in [1.165, 1.54) is 0 Å². The highest BCUT2D eigenvalue weighted by Gasteiger charge is 2.59. The normalized spacial score (nSPS) is 52.8. The van der Waals surface area contributed by atoms with Crippen LogP contribution in [-0.2, 0) is 66.4 Å². The summed E-state index contributed by atoms with van der Waals surface area (Å²) in [6.45, 7) is -6.18. The van der Waals surface area contributed by atoms with E-state index in [1.54, 1.807) is 0 Å². The van der Waals surface area contributed by atoms with Crippen molar-refractivity contribution in [3.63, 3.8) is 0 Å². The van der Waals surface area contributed by atoms with Gasteiger partial charge in [-0.1, -0.05) is 0 Å². The van der Waals surface area contributed by atoms with Crippen LogP contribution in [0.15, 0.2) is 0 Å². The van der Waals surface area contributed by atoms with E-state index in [2.05, 4.69) is 0 Å². The first kappa shape index (κ1) is 56.3. The van der Waals surface area contributed by atoms with Crippen molar-refractivity contribution >= 4 is 17.6 Å². The van der Waals surface area contributed by atoms with Crippen LogP contribution >= 0.6 is 11.6 Å². The van der Waals surface area contributed by atoms with Crippen LogP contribution in [-0.4, -0.2) is 323 Å². The van der Waals surface area contributed by atoms with E-state index in [9.17, 15) is 91.6 Å². The van der Waals surface area contributed by atoms with Gasteiger partial charge in [0.15, 0.2) is 43.8 Å². The van der Waals surface area contributed by atoms with Crippen LogP contribution in [0.5, 0.6) is 0 Å². The van der Waals surface area contributed by atoms with E-state index >= 15 is 0 Å². The predicted octanol–water partition coefficient (Wildman–Crippen LogP) is -12.3. The van der Waals surface area contributed by atoms with Crippen molar-refractivity contribution in [2.24, 2.45) is 0 Å². The van der Waals surface area contributed by atoms with Crippen molar-refractivity contribution in [1.29, 1.82) is 0 Å². The summed E-state index contributed by atoms with van der Waals surface area (Å²) < 4.78 is 73.8. The van der Waals surface area contributed by atoms with Gasteiger partial charge in [0.05, 0.1) is 39.6 Å². The van der Waals surface area contributed by atoms with Gasteiger partial charge in [-0.05, 0) is 0 Å². The molecule has 22 aliphatic rings. The third-order valence-corrected chi connectivity index (χ3v) is 13.2. The van der Waals surface area contributed by atoms with Crippen LogP contribution in [0.2, 0.25) is 0 Å². The molecule has 0 unspecified atom stereocenters. The third kappa shape index (κ3) is 11.1. The fraction of sp³-hybridized carbons (Fsp3) is 0.974. The zero-order valence-corrected chi connectivity index (χ0v) is 37.2. The van der Waals surface area contributed by atoms with Crippen LogP contribution in [0.1, 0.15) is 0 Å². The van der Waals surface area contributed by atoms with Crippen LogP contribution in [0.25, 0.3) is 0 Å². The van der Waals surface area contributed by atoms with Crippen molar-refractivity contribution in [3.05, 3.63) is 0 Å². The summed E-state index contributed by atoms with van der Waals surface area (Å²) in [4.78, 5) is 12.6. The quantitative estimate of drug-likeness (QED) is 0.0793. The Hall–Kier alpha value is -1.40. The molecule has 22 rings (SSSR count). The first-order chi connectivity index (χ1) is 33.4. The zero-order valence-electron chi connectivity index (χ0n) is 36.5. The van der Waals surface area contributed by atoms with E-state index in [-0.39, 0.29) is 0 Å². The molecule has 0 aromatic heterocycles. The van der Waals surface area contributed by atoms with Gasteiger partial charge >= 0.3 is 5.97 Å². The van der Waals surface area contributed by atoms with Gasteiger partial charge in [-0.25, -0.2) is 0 Å². The summed E-state index contributed by atoms with van der Waals surface area (Å²) in [5.41, 5.74) is 0. The van der Waals surface area contributed by atoms with Crippen LogP contribution in [0.4, 0.5) is 0 Å². The lowest BCUT2D eigenvalue weighted by atomic mass is 9.94. The average molecular weight is 1050 g/mol. The maximum absolute atomic E-state index is 12.6. The van der Waals surface area contributed by atoms with Gasteiger partial charge in [-0.3, -0.25) is 4.79 Å². The molecule has 0 aromatic carbocycles. The lowest BCUT2D eigenvalue weighted by Gasteiger charge is -2.51. The Morgan fingerprint density at radius 1 is 0.314 bits per heavy atom. The molecule has 22 heterocycles. The molecule has 70 heavy (non-hydrogen) atoms. The molecule has 0 amide bonds. The second-order valence-corrected chi connectivity index (χ2v) is 17.7. The fourth-order valence-electron chi connectivity index (χ4n) is 9.23. The minimum Gasteiger partial charge on any atom is -0.456 e. The third-order valence-electron chi connectivity index (χ3n) is 13.0. The van der Waals surface area contributed by atoms with E-state index in [0.29, 0.717) is 0 Å². The van der Waals surface area contributed by atoms with E-state index in [0.717, 1.165) is 0 Å². The number of ether oxygens (including phenoxy) is 13. The monoisotopic (exact) mass is 1050 g/mol. The summed E-state index contributed by atoms with van der Waals surface area (Å²) in [5, 5.41) is 186. The first-order valence-electron chi connectivity index (χ1n) is 22.1. The van der Waals surface area contributed by atoms with Crippen molar-refractivity contribution in [1.82, 2.24) is 0 Å². The highest BCUT2D eigenvalue weighted by atomic mass is 35.5. The van der Waals surface area contributed by atoms with Gasteiger partial charge in [-0.2, -0.15) is 0 Å². The molecule has 0 aromatic rings. The number of esters is 1. The Morgan fingerprint density at radius 2 is 0.514 bits per heavy atom. The van der Waals surface area contributed by atoms with Crippen LogP contribution in [0, 0.1) is 0 Å². The number of carbonyl (C=O) groups excluding carboxylic acids is 1. The van der Waals surface area contributed by atoms with Gasteiger partial charge in [0.25, 0.3) is 0 Å². The summed E-state index contributed by atoms with van der Waals surface area (Å²) in [6, 6.07) is 0. The van der Waals surface area contributed by atoms with Gasteiger partial charge in [0.2, 0.25) is 0 Å². The standard InChI is InChI=1S/C38H61ClO31/c39-1-14(46)64-32-25(57)38-63-13(7-45)31(32)70-37-24(56)19(51)29(11(5-43)62-37)68-35-22(54)17(49)27(9(3-41)60-35)66-33-20(52)15(47)26(8(2-40)58-33)65-34-21(53)16(48)28(10(4-42)59-34)67-36-23(55)18(50)30(69-38)12(6-44)61-36/h8-13,15-38,40-45,47-57H,1-7H2/t8-,9-,10-,11-,12-,13-,15-,16-,17-,18-,19-,20-,21-,22-,23-,24-,25-,26-,27-,28-,29-,30-,31+,32-,33-,34-,35-,36-,37-,38-/m1/s1. The molecule has 22 aliphatic heterocycles. The summed E-state index contributed by atoms with van der Waals surface area (Å²) in [6.07, 6.45) is -59.5. The second-order valence-electron chi connectivity index (χ2n) is 17.4. The maximum atomic E-state index is 12.6. The predicted molar refractivity (Wildman–Crippen MR) is 210 cm³/mol. The molecule has 30 atom stereocenters. The molecule has 22 fully saturated rings. The van der Waals surface area contributed by atoms with Gasteiger partial charge < -0.3 is 148 Å². The average Bonchev–Trinajstić information content (AvgIpc) is 3.35. The van der Waals surface area contributed by atoms with Crippen molar-refractivity contribution < 1.29 is 153 Å².